The summed E-state index contributed by atoms with van der Waals surface area (Å²) in [6.07, 6.45) is 1.76. The zero-order chi connectivity index (χ0) is 19.5. The van der Waals surface area contributed by atoms with Gasteiger partial charge in [0.2, 0.25) is 0 Å². The number of hydrogen-bond donors (Lipinski definition) is 0. The van der Waals surface area contributed by atoms with Crippen LogP contribution in [0.5, 0.6) is 0 Å². The fourth-order valence-electron chi connectivity index (χ4n) is 3.56. The Morgan fingerprint density at radius 3 is 2.39 bits per heavy atom. The van der Waals surface area contributed by atoms with E-state index in [1.54, 1.807) is 11.1 Å². The summed E-state index contributed by atoms with van der Waals surface area (Å²) in [5, 5.41) is 0.859. The highest BCUT2D eigenvalue weighted by molar-refractivity contribution is 6.06. The third-order valence-electron chi connectivity index (χ3n) is 4.87. The molecule has 0 N–H and O–H groups in total. The fourth-order valence-corrected chi connectivity index (χ4v) is 3.56. The van der Waals surface area contributed by atoms with E-state index in [4.69, 9.17) is 0 Å². The van der Waals surface area contributed by atoms with Crippen LogP contribution in [0.4, 0.5) is 0 Å². The van der Waals surface area contributed by atoms with E-state index in [-0.39, 0.29) is 11.9 Å². The van der Waals surface area contributed by atoms with Crippen molar-refractivity contribution in [3.63, 3.8) is 0 Å². The number of fused-ring (bicyclic) bond motifs is 1. The van der Waals surface area contributed by atoms with Crippen molar-refractivity contribution >= 4 is 16.8 Å². The van der Waals surface area contributed by atoms with Gasteiger partial charge >= 0.3 is 0 Å². The van der Waals surface area contributed by atoms with E-state index in [0.717, 1.165) is 27.9 Å². The van der Waals surface area contributed by atoms with Crippen molar-refractivity contribution < 1.29 is 4.79 Å². The van der Waals surface area contributed by atoms with Crippen LogP contribution in [0.3, 0.4) is 0 Å². The number of para-hydroxylation sites is 1. The number of amides is 1. The monoisotopic (exact) mass is 367 g/mol. The molecule has 1 atom stereocenters. The number of pyridine rings is 2. The highest BCUT2D eigenvalue weighted by atomic mass is 16.2. The van der Waals surface area contributed by atoms with E-state index in [1.165, 1.54) is 0 Å². The standard InChI is InChI=1S/C24H21N3O/c1-17-16-20(19-12-6-7-13-21(19)26-17)24(28)27(2)23(18-10-4-3-5-11-18)22-14-8-9-15-25-22/h3-16,23H,1-2H3/t23-/m1/s1. The molecule has 2 aromatic heterocycles. The zero-order valence-electron chi connectivity index (χ0n) is 15.9. The molecule has 2 heterocycles. The van der Waals surface area contributed by atoms with Gasteiger partial charge in [0.05, 0.1) is 22.8 Å². The molecule has 4 aromatic rings. The summed E-state index contributed by atoms with van der Waals surface area (Å²) in [6, 6.07) is 25.1. The van der Waals surface area contributed by atoms with E-state index in [9.17, 15) is 4.79 Å². The number of carbonyl (C=O) groups is 1. The van der Waals surface area contributed by atoms with Crippen LogP contribution in [0.25, 0.3) is 10.9 Å². The van der Waals surface area contributed by atoms with Crippen LogP contribution in [0.2, 0.25) is 0 Å². The lowest BCUT2D eigenvalue weighted by atomic mass is 9.99. The second-order valence-corrected chi connectivity index (χ2v) is 6.81. The number of nitrogens with zero attached hydrogens (tertiary/aromatic N) is 3. The molecule has 0 saturated carbocycles. The van der Waals surface area contributed by atoms with E-state index in [2.05, 4.69) is 9.97 Å². The molecule has 4 rings (SSSR count). The lowest BCUT2D eigenvalue weighted by Gasteiger charge is -2.29. The molecule has 0 unspecified atom stereocenters. The van der Waals surface area contributed by atoms with Crippen molar-refractivity contribution in [3.8, 4) is 0 Å². The van der Waals surface area contributed by atoms with Crippen LogP contribution in [0, 0.1) is 6.92 Å². The quantitative estimate of drug-likeness (QED) is 0.520. The van der Waals surface area contributed by atoms with Gasteiger partial charge in [0, 0.05) is 24.3 Å². The maximum Gasteiger partial charge on any atom is 0.255 e. The molecule has 0 fully saturated rings. The second kappa shape index (κ2) is 7.61. The SMILES string of the molecule is Cc1cc(C(=O)N(C)[C@H](c2ccccc2)c2ccccn2)c2ccccc2n1. The Hall–Kier alpha value is -3.53. The largest absolute Gasteiger partial charge is 0.329 e. The van der Waals surface area contributed by atoms with Crippen molar-refractivity contribution in [2.75, 3.05) is 7.05 Å². The molecule has 0 saturated heterocycles. The van der Waals surface area contributed by atoms with Crippen LogP contribution >= 0.6 is 0 Å². The van der Waals surface area contributed by atoms with Crippen molar-refractivity contribution in [2.24, 2.45) is 0 Å². The summed E-state index contributed by atoms with van der Waals surface area (Å²) in [5.41, 5.74) is 4.16. The Bertz CT molecular complexity index is 1070. The van der Waals surface area contributed by atoms with Gasteiger partial charge in [-0.2, -0.15) is 0 Å². The van der Waals surface area contributed by atoms with Crippen LogP contribution in [0.15, 0.2) is 85.1 Å². The third-order valence-corrected chi connectivity index (χ3v) is 4.87. The van der Waals surface area contributed by atoms with Crippen LogP contribution in [0.1, 0.15) is 33.4 Å². The topological polar surface area (TPSA) is 46.1 Å². The molecule has 2 aromatic carbocycles. The Morgan fingerprint density at radius 1 is 0.929 bits per heavy atom. The molecular weight excluding hydrogens is 346 g/mol. The minimum atomic E-state index is -0.276. The summed E-state index contributed by atoms with van der Waals surface area (Å²) >= 11 is 0. The van der Waals surface area contributed by atoms with Gasteiger partial charge in [0.1, 0.15) is 0 Å². The van der Waals surface area contributed by atoms with Crippen molar-refractivity contribution in [3.05, 3.63) is 108 Å². The molecule has 28 heavy (non-hydrogen) atoms. The van der Waals surface area contributed by atoms with Gasteiger partial charge in [-0.1, -0.05) is 54.6 Å². The van der Waals surface area contributed by atoms with E-state index >= 15 is 0 Å². The maximum absolute atomic E-state index is 13.6. The molecule has 0 aliphatic rings. The van der Waals surface area contributed by atoms with Crippen LogP contribution < -0.4 is 0 Å². The van der Waals surface area contributed by atoms with Gasteiger partial charge in [-0.15, -0.1) is 0 Å². The Kier molecular flexibility index (Phi) is 4.85. The molecular formula is C24H21N3O. The summed E-state index contributed by atoms with van der Waals surface area (Å²) in [4.78, 5) is 24.4. The summed E-state index contributed by atoms with van der Waals surface area (Å²) in [6.45, 7) is 1.91. The average Bonchev–Trinajstić information content (AvgIpc) is 2.74. The molecule has 0 bridgehead atoms. The summed E-state index contributed by atoms with van der Waals surface area (Å²) in [7, 11) is 1.83. The summed E-state index contributed by atoms with van der Waals surface area (Å²) < 4.78 is 0. The van der Waals surface area contributed by atoms with Crippen LogP contribution in [-0.4, -0.2) is 27.8 Å². The predicted molar refractivity (Wildman–Crippen MR) is 111 cm³/mol. The minimum absolute atomic E-state index is 0.0544. The third kappa shape index (κ3) is 3.37. The van der Waals surface area contributed by atoms with Crippen molar-refractivity contribution in [1.29, 1.82) is 0 Å². The maximum atomic E-state index is 13.6. The first-order chi connectivity index (χ1) is 13.6. The number of aryl methyl sites for hydroxylation is 1. The number of hydrogen-bond acceptors (Lipinski definition) is 3. The van der Waals surface area contributed by atoms with Gasteiger partial charge in [0.25, 0.3) is 5.91 Å². The first-order valence-corrected chi connectivity index (χ1v) is 9.24. The Morgan fingerprint density at radius 2 is 1.64 bits per heavy atom. The van der Waals surface area contributed by atoms with Gasteiger partial charge in [0.15, 0.2) is 0 Å². The van der Waals surface area contributed by atoms with Gasteiger partial charge in [-0.3, -0.25) is 14.8 Å². The van der Waals surface area contributed by atoms with E-state index in [1.807, 2.05) is 92.8 Å². The van der Waals surface area contributed by atoms with Gasteiger partial charge in [-0.05, 0) is 36.8 Å². The molecule has 0 aliphatic carbocycles. The zero-order valence-corrected chi connectivity index (χ0v) is 15.9. The lowest BCUT2D eigenvalue weighted by Crippen LogP contribution is -2.32. The summed E-state index contributed by atoms with van der Waals surface area (Å²) in [5.74, 6) is -0.0544. The number of carbonyl (C=O) groups excluding carboxylic acids is 1. The van der Waals surface area contributed by atoms with E-state index < -0.39 is 0 Å². The Balaban J connectivity index is 1.82. The molecule has 138 valence electrons. The first kappa shape index (κ1) is 17.9. The number of rotatable bonds is 4. The molecule has 0 aliphatic heterocycles. The lowest BCUT2D eigenvalue weighted by molar-refractivity contribution is 0.0754. The van der Waals surface area contributed by atoms with E-state index in [0.29, 0.717) is 5.56 Å². The highest BCUT2D eigenvalue weighted by Crippen LogP contribution is 2.29. The smallest absolute Gasteiger partial charge is 0.255 e. The molecule has 1 amide bonds. The van der Waals surface area contributed by atoms with Crippen LogP contribution in [-0.2, 0) is 0 Å². The fraction of sp³-hybridized carbons (Fsp3) is 0.125. The Labute approximate surface area is 164 Å². The molecule has 4 heteroatoms. The first-order valence-electron chi connectivity index (χ1n) is 9.24. The van der Waals surface area contributed by atoms with Crippen molar-refractivity contribution in [1.82, 2.24) is 14.9 Å². The normalized spacial score (nSPS) is 11.9. The predicted octanol–water partition coefficient (Wildman–Crippen LogP) is 4.80. The number of benzene rings is 2. The molecule has 0 spiro atoms. The van der Waals surface area contributed by atoms with Gasteiger partial charge in [-0.25, -0.2) is 0 Å². The number of aromatic nitrogens is 2. The molecule has 0 radical (unpaired) electrons. The van der Waals surface area contributed by atoms with Gasteiger partial charge < -0.3 is 4.90 Å². The second-order valence-electron chi connectivity index (χ2n) is 6.81. The highest BCUT2D eigenvalue weighted by Gasteiger charge is 2.26. The minimum Gasteiger partial charge on any atom is -0.329 e. The van der Waals surface area contributed by atoms with Crippen molar-refractivity contribution in [2.45, 2.75) is 13.0 Å². The molecule has 4 nitrogen and oxygen atoms in total. The average molecular weight is 367 g/mol.